The summed E-state index contributed by atoms with van der Waals surface area (Å²) in [4.78, 5) is 16.5. The van der Waals surface area contributed by atoms with Crippen LogP contribution in [-0.2, 0) is 16.2 Å². The summed E-state index contributed by atoms with van der Waals surface area (Å²) in [5, 5.41) is 0. The van der Waals surface area contributed by atoms with Gasteiger partial charge in [-0.15, -0.1) is 0 Å². The molecule has 2 spiro atoms. The van der Waals surface area contributed by atoms with E-state index in [-0.39, 0.29) is 11.3 Å². The summed E-state index contributed by atoms with van der Waals surface area (Å²) in [6, 6.07) is 60.5. The molecule has 1 aromatic heterocycles. The predicted molar refractivity (Wildman–Crippen MR) is 279 cm³/mol. The first-order valence-corrected chi connectivity index (χ1v) is 25.9. The number of allylic oxidation sites excluding steroid dienone is 4. The Hall–Kier alpha value is -7.17. The highest BCUT2D eigenvalue weighted by Crippen LogP contribution is 2.79. The molecule has 0 saturated heterocycles. The van der Waals surface area contributed by atoms with E-state index in [1.54, 1.807) is 5.56 Å². The second kappa shape index (κ2) is 13.8. The minimum Gasteiger partial charge on any atom is -0.457 e. The van der Waals surface area contributed by atoms with Crippen molar-refractivity contribution in [2.24, 2.45) is 23.2 Å². The van der Waals surface area contributed by atoms with Crippen LogP contribution in [0.2, 0.25) is 0 Å². The number of aromatic nitrogens is 3. The topological polar surface area (TPSA) is 47.9 Å². The molecule has 4 saturated carbocycles. The minimum absolute atomic E-state index is 0.00375. The third kappa shape index (κ3) is 5.09. The zero-order valence-electron chi connectivity index (χ0n) is 39.8. The molecule has 0 N–H and O–H groups in total. The zero-order chi connectivity index (χ0) is 46.1. The van der Waals surface area contributed by atoms with Gasteiger partial charge in [0.1, 0.15) is 17.3 Å². The lowest BCUT2D eigenvalue weighted by atomic mass is 9.55. The lowest BCUT2D eigenvalue weighted by Gasteiger charge is -2.49. The summed E-state index contributed by atoms with van der Waals surface area (Å²) < 4.78 is 6.68. The summed E-state index contributed by atoms with van der Waals surface area (Å²) in [7, 11) is 0. The molecular weight excluding hydrogens is 851 g/mol. The molecule has 6 atom stereocenters. The van der Waals surface area contributed by atoms with E-state index in [4.69, 9.17) is 19.7 Å². The van der Waals surface area contributed by atoms with Crippen molar-refractivity contribution >= 4 is 5.57 Å². The Morgan fingerprint density at radius 2 is 1.16 bits per heavy atom. The van der Waals surface area contributed by atoms with Gasteiger partial charge in [0.05, 0.1) is 5.41 Å². The molecule has 70 heavy (non-hydrogen) atoms. The molecular formula is C66H53N3O. The summed E-state index contributed by atoms with van der Waals surface area (Å²) in [6.45, 7) is 4.77. The molecule has 2 heterocycles. The number of para-hydroxylation sites is 2. The summed E-state index contributed by atoms with van der Waals surface area (Å²) >= 11 is 0. The van der Waals surface area contributed by atoms with E-state index in [9.17, 15) is 0 Å². The molecule has 7 aromatic carbocycles. The fraction of sp³-hybridized carbons (Fsp3) is 0.258. The van der Waals surface area contributed by atoms with Crippen LogP contribution in [0.5, 0.6) is 11.5 Å². The predicted octanol–water partition coefficient (Wildman–Crippen LogP) is 15.6. The maximum atomic E-state index is 6.68. The first-order chi connectivity index (χ1) is 34.3. The third-order valence-corrected chi connectivity index (χ3v) is 19.4. The SMILES string of the molecule is CC1(C)C2=C(C=CC(c3nc(-c4ccc(C56CC7C[C@H]8C[C@H](C5)C[C@@]78C6)cc4)nc(-c4ccccc4-c4ccc5c(c4)C4(c6ccccc6Oc6ccccc64)c4ccccc4-5)n3)C2)c2ccccc21. The van der Waals surface area contributed by atoms with E-state index in [0.29, 0.717) is 16.7 Å². The Balaban J connectivity index is 0.845. The van der Waals surface area contributed by atoms with Crippen molar-refractivity contribution in [1.82, 2.24) is 15.0 Å². The Kier molecular flexibility index (Phi) is 7.81. The molecule has 4 nitrogen and oxygen atoms in total. The van der Waals surface area contributed by atoms with Crippen LogP contribution in [-0.4, -0.2) is 15.0 Å². The van der Waals surface area contributed by atoms with Gasteiger partial charge in [-0.25, -0.2) is 15.0 Å². The van der Waals surface area contributed by atoms with Crippen molar-refractivity contribution in [1.29, 1.82) is 0 Å². The van der Waals surface area contributed by atoms with Crippen molar-refractivity contribution in [2.45, 2.75) is 81.0 Å². The maximum Gasteiger partial charge on any atom is 0.164 e. The molecule has 8 aliphatic rings. The lowest BCUT2D eigenvalue weighted by molar-refractivity contribution is -0.000160. The molecule has 0 radical (unpaired) electrons. The van der Waals surface area contributed by atoms with Crippen molar-refractivity contribution in [2.75, 3.05) is 0 Å². The van der Waals surface area contributed by atoms with Gasteiger partial charge in [-0.3, -0.25) is 0 Å². The lowest BCUT2D eigenvalue weighted by Crippen LogP contribution is -2.42. The van der Waals surface area contributed by atoms with Crippen LogP contribution in [0.4, 0.5) is 0 Å². The average Bonchev–Trinajstić information content (AvgIpc) is 3.99. The van der Waals surface area contributed by atoms with Crippen LogP contribution in [0.1, 0.15) is 109 Å². The number of hydrogen-bond acceptors (Lipinski definition) is 4. The molecule has 7 aliphatic carbocycles. The van der Waals surface area contributed by atoms with E-state index in [1.165, 1.54) is 83.1 Å². The molecule has 16 rings (SSSR count). The molecule has 3 unspecified atom stereocenters. The molecule has 4 fully saturated rings. The second-order valence-corrected chi connectivity index (χ2v) is 22.9. The quantitative estimate of drug-likeness (QED) is 0.173. The Bertz CT molecular complexity index is 3600. The van der Waals surface area contributed by atoms with Gasteiger partial charge >= 0.3 is 0 Å². The van der Waals surface area contributed by atoms with Crippen LogP contribution in [0.25, 0.3) is 50.6 Å². The standard InChI is InChI=1S/C66H53N3O/c1-63(2)52-17-7-5-14-47(52)49-30-26-42(33-56(49)63)61-67-60(40-23-27-43(28-24-40)64-35-39-31-44-34-45(37-64)65(44,36-39)38-64)68-62(69-61)51-16-4-3-13-46(51)41-25-29-50-48-15-6-8-18-53(48)66(57(50)32-41)54-19-9-11-21-58(54)70-59-22-12-10-20-55(59)66/h3-30,32,39,42,44-45H,31,33-38H2,1-2H3/t39-,42?,44-,45?,64?,65+/m1/s1. The molecule has 338 valence electrons. The number of nitrogens with zero attached hydrogens (tertiary/aromatic N) is 3. The fourth-order valence-electron chi connectivity index (χ4n) is 16.6. The smallest absolute Gasteiger partial charge is 0.164 e. The van der Waals surface area contributed by atoms with Gasteiger partial charge in [0, 0.05) is 33.6 Å². The summed E-state index contributed by atoms with van der Waals surface area (Å²) in [5.41, 5.74) is 19.1. The van der Waals surface area contributed by atoms with Gasteiger partial charge in [0.2, 0.25) is 0 Å². The van der Waals surface area contributed by atoms with Gasteiger partial charge < -0.3 is 4.74 Å². The number of hydrogen-bond donors (Lipinski definition) is 0. The van der Waals surface area contributed by atoms with Gasteiger partial charge in [0.15, 0.2) is 11.6 Å². The van der Waals surface area contributed by atoms with Gasteiger partial charge in [-0.05, 0) is 147 Å². The Labute approximate surface area is 410 Å². The van der Waals surface area contributed by atoms with Crippen LogP contribution < -0.4 is 4.74 Å². The summed E-state index contributed by atoms with van der Waals surface area (Å²) in [5.74, 6) is 6.91. The van der Waals surface area contributed by atoms with Crippen LogP contribution in [0, 0.1) is 23.2 Å². The van der Waals surface area contributed by atoms with Gasteiger partial charge in [-0.2, -0.15) is 0 Å². The minimum atomic E-state index is -0.563. The number of fused-ring (bicyclic) bond motifs is 13. The van der Waals surface area contributed by atoms with E-state index in [1.807, 2.05) is 0 Å². The number of rotatable bonds is 5. The second-order valence-electron chi connectivity index (χ2n) is 22.9. The van der Waals surface area contributed by atoms with Crippen LogP contribution in [0.3, 0.4) is 0 Å². The highest BCUT2D eigenvalue weighted by molar-refractivity contribution is 5.92. The molecule has 8 aromatic rings. The van der Waals surface area contributed by atoms with E-state index in [2.05, 4.69) is 190 Å². The largest absolute Gasteiger partial charge is 0.457 e. The van der Waals surface area contributed by atoms with Crippen molar-refractivity contribution in [3.05, 3.63) is 226 Å². The molecule has 1 aliphatic heterocycles. The molecule has 0 amide bonds. The first-order valence-electron chi connectivity index (χ1n) is 25.9. The number of ether oxygens (including phenoxy) is 1. The Morgan fingerprint density at radius 1 is 0.514 bits per heavy atom. The highest BCUT2D eigenvalue weighted by Gasteiger charge is 2.71. The van der Waals surface area contributed by atoms with Crippen molar-refractivity contribution < 1.29 is 4.74 Å². The van der Waals surface area contributed by atoms with Crippen LogP contribution >= 0.6 is 0 Å². The average molecular weight is 904 g/mol. The van der Waals surface area contributed by atoms with Crippen LogP contribution in [0.15, 0.2) is 182 Å². The van der Waals surface area contributed by atoms with Gasteiger partial charge in [-0.1, -0.05) is 177 Å². The summed E-state index contributed by atoms with van der Waals surface area (Å²) in [6.07, 6.45) is 14.2. The van der Waals surface area contributed by atoms with Gasteiger partial charge in [0.25, 0.3) is 0 Å². The normalized spacial score (nSPS) is 26.7. The molecule has 3 bridgehead atoms. The Morgan fingerprint density at radius 3 is 1.94 bits per heavy atom. The first kappa shape index (κ1) is 39.7. The van der Waals surface area contributed by atoms with Crippen molar-refractivity contribution in [3.63, 3.8) is 0 Å². The molecule has 4 heteroatoms. The van der Waals surface area contributed by atoms with E-state index < -0.39 is 5.41 Å². The third-order valence-electron chi connectivity index (χ3n) is 19.4. The maximum absolute atomic E-state index is 6.68. The fourth-order valence-corrected chi connectivity index (χ4v) is 16.6. The highest BCUT2D eigenvalue weighted by atomic mass is 16.5. The number of benzene rings is 7. The monoisotopic (exact) mass is 903 g/mol. The van der Waals surface area contributed by atoms with E-state index in [0.717, 1.165) is 80.7 Å². The van der Waals surface area contributed by atoms with E-state index >= 15 is 0 Å². The van der Waals surface area contributed by atoms with Crippen molar-refractivity contribution in [3.8, 4) is 56.5 Å². The zero-order valence-corrected chi connectivity index (χ0v) is 39.8.